The van der Waals surface area contributed by atoms with Crippen LogP contribution in [0.2, 0.25) is 0 Å². The molecule has 33 heavy (non-hydrogen) atoms. The van der Waals surface area contributed by atoms with Crippen molar-refractivity contribution in [3.8, 4) is 23.0 Å². The number of hydrogen-bond acceptors (Lipinski definition) is 8. The van der Waals surface area contributed by atoms with Crippen molar-refractivity contribution in [3.05, 3.63) is 52.2 Å². The molecule has 8 heteroatoms. The van der Waals surface area contributed by atoms with E-state index in [9.17, 15) is 5.11 Å². The summed E-state index contributed by atoms with van der Waals surface area (Å²) >= 11 is 1.65. The molecule has 2 aromatic carbocycles. The van der Waals surface area contributed by atoms with Gasteiger partial charge in [0.2, 0.25) is 5.79 Å². The van der Waals surface area contributed by atoms with Crippen LogP contribution in [-0.4, -0.2) is 26.8 Å². The van der Waals surface area contributed by atoms with Crippen LogP contribution in [0.15, 0.2) is 27.6 Å². The van der Waals surface area contributed by atoms with E-state index < -0.39 is 11.4 Å². The van der Waals surface area contributed by atoms with Crippen molar-refractivity contribution in [1.29, 1.82) is 0 Å². The highest BCUT2D eigenvalue weighted by Crippen LogP contribution is 2.50. The van der Waals surface area contributed by atoms with Gasteiger partial charge in [-0.05, 0) is 62.9 Å². The van der Waals surface area contributed by atoms with Crippen molar-refractivity contribution in [2.45, 2.75) is 70.7 Å². The van der Waals surface area contributed by atoms with Crippen molar-refractivity contribution in [1.82, 2.24) is 10.1 Å². The fraction of sp³-hybridized carbons (Fsp3) is 0.440. The number of aromatic hydroxyl groups is 1. The highest BCUT2D eigenvalue weighted by molar-refractivity contribution is 7.99. The van der Waals surface area contributed by atoms with E-state index in [1.165, 1.54) is 0 Å². The van der Waals surface area contributed by atoms with Crippen LogP contribution in [0.3, 0.4) is 0 Å². The van der Waals surface area contributed by atoms with Gasteiger partial charge in [0, 0.05) is 31.6 Å². The molecule has 1 atom stereocenters. The summed E-state index contributed by atoms with van der Waals surface area (Å²) in [5.41, 5.74) is 2.98. The zero-order valence-corrected chi connectivity index (χ0v) is 20.6. The molecule has 5 rings (SSSR count). The first-order chi connectivity index (χ1) is 15.6. The van der Waals surface area contributed by atoms with Gasteiger partial charge >= 0.3 is 0 Å². The van der Waals surface area contributed by atoms with Gasteiger partial charge in [0.25, 0.3) is 5.89 Å². The van der Waals surface area contributed by atoms with Crippen molar-refractivity contribution in [2.24, 2.45) is 0 Å². The first kappa shape index (κ1) is 21.9. The molecule has 1 aromatic heterocycles. The van der Waals surface area contributed by atoms with Gasteiger partial charge in [-0.1, -0.05) is 11.2 Å². The van der Waals surface area contributed by atoms with E-state index in [1.54, 1.807) is 11.8 Å². The normalized spacial score (nSPS) is 20.4. The Morgan fingerprint density at radius 3 is 2.52 bits per heavy atom. The molecule has 3 aromatic rings. The monoisotopic (exact) mass is 468 g/mol. The molecule has 0 amide bonds. The minimum atomic E-state index is -0.742. The van der Waals surface area contributed by atoms with Crippen molar-refractivity contribution in [3.63, 3.8) is 0 Å². The first-order valence-electron chi connectivity index (χ1n) is 11.0. The molecule has 2 aliphatic heterocycles. The Morgan fingerprint density at radius 2 is 1.73 bits per heavy atom. The van der Waals surface area contributed by atoms with Gasteiger partial charge in [-0.2, -0.15) is 4.98 Å². The summed E-state index contributed by atoms with van der Waals surface area (Å²) in [5.74, 6) is 3.72. The summed E-state index contributed by atoms with van der Waals surface area (Å²) in [4.78, 5) is 5.63. The van der Waals surface area contributed by atoms with Crippen molar-refractivity contribution >= 4 is 11.8 Å². The Labute approximate surface area is 197 Å². The van der Waals surface area contributed by atoms with Crippen LogP contribution in [0.1, 0.15) is 54.7 Å². The maximum absolute atomic E-state index is 10.4. The third-order valence-corrected chi connectivity index (χ3v) is 7.73. The number of fused-ring (bicyclic) bond motifs is 2. The van der Waals surface area contributed by atoms with E-state index in [4.69, 9.17) is 18.7 Å². The summed E-state index contributed by atoms with van der Waals surface area (Å²) in [6, 6.07) is 5.98. The molecule has 7 nitrogen and oxygen atoms in total. The number of ether oxygens (including phenoxy) is 3. The highest BCUT2D eigenvalue weighted by atomic mass is 32.2. The Kier molecular flexibility index (Phi) is 5.04. The van der Waals surface area contributed by atoms with E-state index in [-0.39, 0.29) is 0 Å². The molecule has 0 bridgehead atoms. The Bertz CT molecular complexity index is 1250. The second-order valence-corrected chi connectivity index (χ2v) is 10.4. The Balaban J connectivity index is 1.32. The van der Waals surface area contributed by atoms with Gasteiger partial charge in [0.05, 0.1) is 4.90 Å². The smallest absolute Gasteiger partial charge is 0.271 e. The molecule has 1 unspecified atom stereocenters. The predicted octanol–water partition coefficient (Wildman–Crippen LogP) is 5.39. The van der Waals surface area contributed by atoms with Gasteiger partial charge in [-0.15, -0.1) is 11.8 Å². The number of nitrogens with zero attached hydrogens (tertiary/aromatic N) is 2. The summed E-state index contributed by atoms with van der Waals surface area (Å²) in [7, 11) is 0. The quantitative estimate of drug-likeness (QED) is 0.545. The molecule has 1 N–H and O–H groups in total. The molecular formula is C25H28N2O5S. The van der Waals surface area contributed by atoms with E-state index in [0.29, 0.717) is 29.6 Å². The summed E-state index contributed by atoms with van der Waals surface area (Å²) in [6.45, 7) is 11.5. The van der Waals surface area contributed by atoms with Crippen molar-refractivity contribution < 1.29 is 23.8 Å². The lowest BCUT2D eigenvalue weighted by molar-refractivity contribution is -0.0431. The van der Waals surface area contributed by atoms with E-state index in [1.807, 2.05) is 59.7 Å². The number of aromatic nitrogens is 2. The molecular weight excluding hydrogens is 440 g/mol. The van der Waals surface area contributed by atoms with Crippen LogP contribution in [0.4, 0.5) is 0 Å². The zero-order chi connectivity index (χ0) is 23.5. The first-order valence-corrected chi connectivity index (χ1v) is 12.0. The largest absolute Gasteiger partial charge is 0.507 e. The minimum Gasteiger partial charge on any atom is -0.507 e. The van der Waals surface area contributed by atoms with Crippen molar-refractivity contribution in [2.75, 3.05) is 5.75 Å². The lowest BCUT2D eigenvalue weighted by atomic mass is 10.0. The third kappa shape index (κ3) is 3.80. The standard InChI is InChI=1S/C25H28N2O5S/c1-13-14(2)21-22(15(3)20(13)28)33-12-25(6,31-21)23-26-19(27-32-23)10-8-16-7-9-17-18(11-16)30-24(4,5)29-17/h7,9,11,28H,8,10,12H2,1-6H3. The predicted molar refractivity (Wildman–Crippen MR) is 125 cm³/mol. The van der Waals surface area contributed by atoms with E-state index >= 15 is 0 Å². The number of rotatable bonds is 4. The van der Waals surface area contributed by atoms with Crippen LogP contribution in [0.5, 0.6) is 23.0 Å². The van der Waals surface area contributed by atoms with Crippen LogP contribution >= 0.6 is 11.8 Å². The number of phenols is 1. The van der Waals surface area contributed by atoms with Gasteiger partial charge in [0.1, 0.15) is 11.5 Å². The molecule has 0 saturated heterocycles. The van der Waals surface area contributed by atoms with Crippen LogP contribution in [-0.2, 0) is 18.4 Å². The van der Waals surface area contributed by atoms with Crippen LogP contribution in [0, 0.1) is 20.8 Å². The van der Waals surface area contributed by atoms with Gasteiger partial charge < -0.3 is 23.8 Å². The summed E-state index contributed by atoms with van der Waals surface area (Å²) in [5, 5.41) is 14.6. The van der Waals surface area contributed by atoms with Gasteiger partial charge in [0.15, 0.2) is 22.9 Å². The molecule has 0 spiro atoms. The fourth-order valence-electron chi connectivity index (χ4n) is 4.19. The number of hydrogen-bond donors (Lipinski definition) is 1. The van der Waals surface area contributed by atoms with Gasteiger partial charge in [-0.25, -0.2) is 0 Å². The summed E-state index contributed by atoms with van der Waals surface area (Å²) in [6.07, 6.45) is 1.39. The second kappa shape index (κ2) is 7.58. The molecule has 0 saturated carbocycles. The number of aryl methyl sites for hydroxylation is 2. The highest BCUT2D eigenvalue weighted by Gasteiger charge is 2.41. The van der Waals surface area contributed by atoms with E-state index in [0.717, 1.165) is 50.8 Å². The molecule has 174 valence electrons. The van der Waals surface area contributed by atoms with E-state index in [2.05, 4.69) is 10.1 Å². The maximum Gasteiger partial charge on any atom is 0.271 e. The SMILES string of the molecule is Cc1c(C)c2c(c(C)c1O)SCC(C)(c1nc(CCc3ccc4c(c3)OC(C)(C)O4)no1)O2. The summed E-state index contributed by atoms with van der Waals surface area (Å²) < 4.78 is 23.7. The van der Waals surface area contributed by atoms with Gasteiger partial charge in [-0.3, -0.25) is 0 Å². The fourth-order valence-corrected chi connectivity index (χ4v) is 5.43. The lowest BCUT2D eigenvalue weighted by Gasteiger charge is -2.34. The average molecular weight is 469 g/mol. The third-order valence-electron chi connectivity index (χ3n) is 6.26. The maximum atomic E-state index is 10.4. The molecule has 0 fully saturated rings. The minimum absolute atomic E-state index is 0.332. The Morgan fingerprint density at radius 1 is 0.970 bits per heavy atom. The lowest BCUT2D eigenvalue weighted by Crippen LogP contribution is -2.36. The molecule has 3 heterocycles. The second-order valence-electron chi connectivity index (χ2n) is 9.40. The average Bonchev–Trinajstić information content (AvgIpc) is 3.37. The molecule has 0 aliphatic carbocycles. The number of benzene rings is 2. The topological polar surface area (TPSA) is 86.8 Å². The number of phenolic OH excluding ortho intramolecular Hbond substituents is 1. The number of thioether (sulfide) groups is 1. The van der Waals surface area contributed by atoms with Crippen LogP contribution < -0.4 is 14.2 Å². The Hall–Kier alpha value is -2.87. The van der Waals surface area contributed by atoms with Crippen LogP contribution in [0.25, 0.3) is 0 Å². The molecule has 2 aliphatic rings. The molecule has 0 radical (unpaired) electrons. The zero-order valence-electron chi connectivity index (χ0n) is 19.7.